The number of anilines is 1. The second-order valence-electron chi connectivity index (χ2n) is 3.52. The van der Waals surface area contributed by atoms with Crippen LogP contribution in [0.15, 0.2) is 49.3 Å². The van der Waals surface area contributed by atoms with E-state index in [1.54, 1.807) is 18.0 Å². The standard InChI is InChI=1S/C12H10Br2N2S/c1-7-10(15)6-16-12(11(7)14)17-9-4-2-3-8(13)5-9/h2-6H,15H2,1H3. The predicted octanol–water partition coefficient (Wildman–Crippen LogP) is 4.65. The van der Waals surface area contributed by atoms with Gasteiger partial charge in [0.05, 0.1) is 16.4 Å². The zero-order chi connectivity index (χ0) is 12.4. The van der Waals surface area contributed by atoms with Gasteiger partial charge in [-0.2, -0.15) is 0 Å². The first-order valence-corrected chi connectivity index (χ1v) is 7.32. The van der Waals surface area contributed by atoms with Crippen LogP contribution in [0.3, 0.4) is 0 Å². The third-order valence-electron chi connectivity index (χ3n) is 2.28. The van der Waals surface area contributed by atoms with Crippen LogP contribution >= 0.6 is 43.6 Å². The molecule has 0 radical (unpaired) electrons. The van der Waals surface area contributed by atoms with Crippen LogP contribution in [-0.2, 0) is 0 Å². The van der Waals surface area contributed by atoms with Crippen LogP contribution in [0.4, 0.5) is 5.69 Å². The molecule has 2 N–H and O–H groups in total. The van der Waals surface area contributed by atoms with Gasteiger partial charge in [0.15, 0.2) is 0 Å². The number of halogens is 2. The first kappa shape index (κ1) is 12.9. The number of hydrogen-bond acceptors (Lipinski definition) is 3. The number of nitrogens with two attached hydrogens (primary N) is 1. The van der Waals surface area contributed by atoms with Crippen molar-refractivity contribution in [3.05, 3.63) is 45.0 Å². The van der Waals surface area contributed by atoms with Crippen LogP contribution in [0.5, 0.6) is 0 Å². The van der Waals surface area contributed by atoms with Gasteiger partial charge in [-0.05, 0) is 46.6 Å². The van der Waals surface area contributed by atoms with Crippen molar-refractivity contribution in [2.45, 2.75) is 16.8 Å². The number of rotatable bonds is 2. The van der Waals surface area contributed by atoms with Crippen molar-refractivity contribution in [3.8, 4) is 0 Å². The van der Waals surface area contributed by atoms with Crippen LogP contribution < -0.4 is 5.73 Å². The van der Waals surface area contributed by atoms with Gasteiger partial charge >= 0.3 is 0 Å². The van der Waals surface area contributed by atoms with Crippen molar-refractivity contribution in [3.63, 3.8) is 0 Å². The third kappa shape index (κ3) is 3.03. The fourth-order valence-electron chi connectivity index (χ4n) is 1.28. The van der Waals surface area contributed by atoms with E-state index in [2.05, 4.69) is 49.0 Å². The number of hydrogen-bond donors (Lipinski definition) is 1. The SMILES string of the molecule is Cc1c(N)cnc(Sc2cccc(Br)c2)c1Br. The molecule has 0 aliphatic heterocycles. The molecule has 0 unspecified atom stereocenters. The Labute approximate surface area is 121 Å². The molecule has 0 atom stereocenters. The van der Waals surface area contributed by atoms with E-state index >= 15 is 0 Å². The molecular formula is C12H10Br2N2S. The van der Waals surface area contributed by atoms with Crippen LogP contribution in [0.25, 0.3) is 0 Å². The maximum absolute atomic E-state index is 5.80. The Morgan fingerprint density at radius 1 is 1.29 bits per heavy atom. The van der Waals surface area contributed by atoms with E-state index in [9.17, 15) is 0 Å². The summed E-state index contributed by atoms with van der Waals surface area (Å²) < 4.78 is 2.02. The van der Waals surface area contributed by atoms with E-state index in [1.807, 2.05) is 19.1 Å². The van der Waals surface area contributed by atoms with Gasteiger partial charge < -0.3 is 5.73 Å². The molecule has 2 nitrogen and oxygen atoms in total. The summed E-state index contributed by atoms with van der Waals surface area (Å²) >= 11 is 8.59. The highest BCUT2D eigenvalue weighted by molar-refractivity contribution is 9.10. The van der Waals surface area contributed by atoms with Gasteiger partial charge in [-0.1, -0.05) is 33.8 Å². The maximum atomic E-state index is 5.80. The van der Waals surface area contributed by atoms with Crippen LogP contribution in [0.1, 0.15) is 5.56 Å². The van der Waals surface area contributed by atoms with Crippen molar-refractivity contribution in [1.29, 1.82) is 0 Å². The monoisotopic (exact) mass is 372 g/mol. The Morgan fingerprint density at radius 3 is 2.76 bits per heavy atom. The Kier molecular flexibility index (Phi) is 4.12. The molecule has 0 aliphatic carbocycles. The number of benzene rings is 1. The summed E-state index contributed by atoms with van der Waals surface area (Å²) in [6, 6.07) is 8.12. The van der Waals surface area contributed by atoms with Crippen molar-refractivity contribution in [2.75, 3.05) is 5.73 Å². The fourth-order valence-corrected chi connectivity index (χ4v) is 3.31. The molecule has 5 heteroatoms. The smallest absolute Gasteiger partial charge is 0.115 e. The molecule has 1 aromatic carbocycles. The summed E-state index contributed by atoms with van der Waals surface area (Å²) in [5, 5.41) is 0.926. The first-order chi connectivity index (χ1) is 8.08. The minimum atomic E-state index is 0.704. The van der Waals surface area contributed by atoms with Crippen molar-refractivity contribution in [1.82, 2.24) is 4.98 Å². The van der Waals surface area contributed by atoms with Crippen molar-refractivity contribution in [2.24, 2.45) is 0 Å². The number of nitrogens with zero attached hydrogens (tertiary/aromatic N) is 1. The van der Waals surface area contributed by atoms with Crippen molar-refractivity contribution >= 4 is 49.3 Å². The molecule has 17 heavy (non-hydrogen) atoms. The summed E-state index contributed by atoms with van der Waals surface area (Å²) in [5.41, 5.74) is 7.53. The predicted molar refractivity (Wildman–Crippen MR) is 79.4 cm³/mol. The molecule has 0 amide bonds. The number of nitrogen functional groups attached to an aromatic ring is 1. The second-order valence-corrected chi connectivity index (χ2v) is 6.29. The fraction of sp³-hybridized carbons (Fsp3) is 0.0833. The summed E-state index contributed by atoms with van der Waals surface area (Å²) in [7, 11) is 0. The highest BCUT2D eigenvalue weighted by atomic mass is 79.9. The van der Waals surface area contributed by atoms with E-state index in [0.29, 0.717) is 5.69 Å². The summed E-state index contributed by atoms with van der Waals surface area (Å²) in [6.07, 6.45) is 1.69. The Hall–Kier alpha value is -0.520. The Balaban J connectivity index is 2.34. The lowest BCUT2D eigenvalue weighted by molar-refractivity contribution is 1.09. The topological polar surface area (TPSA) is 38.9 Å². The van der Waals surface area contributed by atoms with Crippen molar-refractivity contribution < 1.29 is 0 Å². The second kappa shape index (κ2) is 5.42. The van der Waals surface area contributed by atoms with E-state index in [1.165, 1.54) is 0 Å². The molecule has 1 heterocycles. The van der Waals surface area contributed by atoms with Gasteiger partial charge in [0.25, 0.3) is 0 Å². The molecule has 0 saturated heterocycles. The summed E-state index contributed by atoms with van der Waals surface area (Å²) in [4.78, 5) is 5.48. The molecule has 0 saturated carbocycles. The lowest BCUT2D eigenvalue weighted by Gasteiger charge is -2.08. The summed E-state index contributed by atoms with van der Waals surface area (Å²) in [6.45, 7) is 1.98. The highest BCUT2D eigenvalue weighted by Gasteiger charge is 2.09. The molecule has 2 rings (SSSR count). The molecule has 2 aromatic rings. The van der Waals surface area contributed by atoms with E-state index < -0.39 is 0 Å². The van der Waals surface area contributed by atoms with E-state index in [-0.39, 0.29) is 0 Å². The van der Waals surface area contributed by atoms with Crippen LogP contribution in [-0.4, -0.2) is 4.98 Å². The third-order valence-corrected chi connectivity index (χ3v) is 5.00. The molecule has 0 aliphatic rings. The summed E-state index contributed by atoms with van der Waals surface area (Å²) in [5.74, 6) is 0. The average Bonchev–Trinajstić information content (AvgIpc) is 2.30. The zero-order valence-corrected chi connectivity index (χ0v) is 13.1. The normalized spacial score (nSPS) is 10.5. The van der Waals surface area contributed by atoms with Gasteiger partial charge in [-0.3, -0.25) is 0 Å². The molecule has 88 valence electrons. The minimum absolute atomic E-state index is 0.704. The van der Waals surface area contributed by atoms with Gasteiger partial charge in [0, 0.05) is 9.37 Å². The van der Waals surface area contributed by atoms with E-state index in [4.69, 9.17) is 5.73 Å². The molecule has 0 bridgehead atoms. The lowest BCUT2D eigenvalue weighted by atomic mass is 10.3. The maximum Gasteiger partial charge on any atom is 0.115 e. The zero-order valence-electron chi connectivity index (χ0n) is 9.08. The van der Waals surface area contributed by atoms with E-state index in [0.717, 1.165) is 24.4 Å². The number of pyridine rings is 1. The molecule has 0 fully saturated rings. The van der Waals surface area contributed by atoms with Gasteiger partial charge in [0.2, 0.25) is 0 Å². The van der Waals surface area contributed by atoms with Gasteiger partial charge in [0.1, 0.15) is 5.03 Å². The number of aromatic nitrogens is 1. The first-order valence-electron chi connectivity index (χ1n) is 4.92. The molecule has 0 spiro atoms. The largest absolute Gasteiger partial charge is 0.397 e. The molecule has 1 aromatic heterocycles. The van der Waals surface area contributed by atoms with Crippen LogP contribution in [0.2, 0.25) is 0 Å². The Morgan fingerprint density at radius 2 is 2.06 bits per heavy atom. The Bertz CT molecular complexity index is 558. The van der Waals surface area contributed by atoms with Crippen LogP contribution in [0, 0.1) is 6.92 Å². The van der Waals surface area contributed by atoms with Gasteiger partial charge in [-0.25, -0.2) is 4.98 Å². The average molecular weight is 374 g/mol. The molecular weight excluding hydrogens is 364 g/mol. The lowest BCUT2D eigenvalue weighted by Crippen LogP contribution is -1.94. The van der Waals surface area contributed by atoms with Gasteiger partial charge in [-0.15, -0.1) is 0 Å². The highest BCUT2D eigenvalue weighted by Crippen LogP contribution is 2.35. The quantitative estimate of drug-likeness (QED) is 0.832. The minimum Gasteiger partial charge on any atom is -0.397 e.